The molecular formula is C19H12ClFN4O3S. The van der Waals surface area contributed by atoms with Gasteiger partial charge in [0.05, 0.1) is 12.0 Å². The fourth-order valence-electron chi connectivity index (χ4n) is 2.72. The van der Waals surface area contributed by atoms with Crippen LogP contribution in [0.1, 0.15) is 17.3 Å². The topological polar surface area (TPSA) is 87.0 Å². The second-order valence-electron chi connectivity index (χ2n) is 5.86. The maximum absolute atomic E-state index is 14.0. The van der Waals surface area contributed by atoms with Gasteiger partial charge in [0.15, 0.2) is 22.4 Å². The van der Waals surface area contributed by atoms with Gasteiger partial charge in [0.25, 0.3) is 0 Å². The lowest BCUT2D eigenvalue weighted by Gasteiger charge is -2.10. The number of aromatic nitrogens is 4. The van der Waals surface area contributed by atoms with Crippen LogP contribution in [0.4, 0.5) is 4.39 Å². The number of benzene rings is 1. The van der Waals surface area contributed by atoms with Gasteiger partial charge < -0.3 is 4.74 Å². The molecule has 0 saturated heterocycles. The van der Waals surface area contributed by atoms with Crippen molar-refractivity contribution in [2.45, 2.75) is 6.92 Å². The minimum Gasteiger partial charge on any atom is -0.462 e. The van der Waals surface area contributed by atoms with E-state index >= 15 is 0 Å². The SMILES string of the molecule is CCOC(=O)c1cn(-c2nc(-c3ccccc3)ns2)c2nc(Cl)c(F)cc2c1=O. The van der Waals surface area contributed by atoms with Gasteiger partial charge in [0.1, 0.15) is 5.56 Å². The van der Waals surface area contributed by atoms with Crippen molar-refractivity contribution in [2.75, 3.05) is 6.61 Å². The zero-order chi connectivity index (χ0) is 20.5. The first-order valence-corrected chi connectivity index (χ1v) is 9.62. The number of halogens is 2. The fourth-order valence-corrected chi connectivity index (χ4v) is 3.52. The monoisotopic (exact) mass is 430 g/mol. The molecule has 0 spiro atoms. The minimum absolute atomic E-state index is 0.0604. The third-order valence-corrected chi connectivity index (χ3v) is 5.02. The van der Waals surface area contributed by atoms with E-state index in [1.165, 1.54) is 10.8 Å². The molecule has 0 radical (unpaired) electrons. The summed E-state index contributed by atoms with van der Waals surface area (Å²) in [7, 11) is 0. The van der Waals surface area contributed by atoms with Gasteiger partial charge in [0.2, 0.25) is 10.6 Å². The number of ether oxygens (including phenoxy) is 1. The summed E-state index contributed by atoms with van der Waals surface area (Å²) in [5.41, 5.74) is -0.113. The highest BCUT2D eigenvalue weighted by molar-refractivity contribution is 7.08. The van der Waals surface area contributed by atoms with Crippen LogP contribution >= 0.6 is 23.1 Å². The van der Waals surface area contributed by atoms with Gasteiger partial charge in [-0.3, -0.25) is 9.36 Å². The lowest BCUT2D eigenvalue weighted by molar-refractivity contribution is 0.0524. The molecule has 0 amide bonds. The molecule has 3 heterocycles. The molecule has 0 unspecified atom stereocenters. The second-order valence-corrected chi connectivity index (χ2v) is 6.95. The third-order valence-electron chi connectivity index (χ3n) is 4.04. The molecule has 146 valence electrons. The minimum atomic E-state index is -0.869. The van der Waals surface area contributed by atoms with Crippen molar-refractivity contribution in [2.24, 2.45) is 0 Å². The largest absolute Gasteiger partial charge is 0.462 e. The number of hydrogen-bond acceptors (Lipinski definition) is 7. The van der Waals surface area contributed by atoms with Gasteiger partial charge >= 0.3 is 5.97 Å². The van der Waals surface area contributed by atoms with Crippen LogP contribution < -0.4 is 5.43 Å². The standard InChI is InChI=1S/C19H12ClFN4O3S/c1-2-28-18(27)12-9-25(17-11(14(12)26)8-13(21)15(20)22-17)19-23-16(24-29-19)10-6-4-3-5-7-10/h3-9H,2H2,1H3. The number of carbonyl (C=O) groups is 1. The molecule has 4 aromatic rings. The first-order chi connectivity index (χ1) is 14.0. The highest BCUT2D eigenvalue weighted by Gasteiger charge is 2.21. The van der Waals surface area contributed by atoms with Crippen molar-refractivity contribution in [3.63, 3.8) is 0 Å². The summed E-state index contributed by atoms with van der Waals surface area (Å²) < 4.78 is 24.6. The molecule has 0 saturated carbocycles. The molecule has 10 heteroatoms. The molecule has 3 aromatic heterocycles. The molecule has 4 rings (SSSR count). The number of pyridine rings is 2. The Morgan fingerprint density at radius 2 is 2.03 bits per heavy atom. The Hall–Kier alpha value is -3.17. The predicted octanol–water partition coefficient (Wildman–Crippen LogP) is 3.87. The van der Waals surface area contributed by atoms with Gasteiger partial charge in [-0.1, -0.05) is 41.9 Å². The van der Waals surface area contributed by atoms with Crippen molar-refractivity contribution >= 4 is 40.1 Å². The predicted molar refractivity (Wildman–Crippen MR) is 107 cm³/mol. The number of rotatable bonds is 4. The van der Waals surface area contributed by atoms with E-state index < -0.39 is 22.4 Å². The van der Waals surface area contributed by atoms with E-state index in [4.69, 9.17) is 16.3 Å². The van der Waals surface area contributed by atoms with E-state index in [0.717, 1.165) is 23.2 Å². The van der Waals surface area contributed by atoms with E-state index in [1.54, 1.807) is 6.92 Å². The van der Waals surface area contributed by atoms with Crippen LogP contribution in [0.25, 0.3) is 27.6 Å². The van der Waals surface area contributed by atoms with Crippen LogP contribution in [0.3, 0.4) is 0 Å². The normalized spacial score (nSPS) is 11.0. The maximum atomic E-state index is 14.0. The molecule has 1 aromatic carbocycles. The van der Waals surface area contributed by atoms with Crippen molar-refractivity contribution in [1.29, 1.82) is 0 Å². The van der Waals surface area contributed by atoms with Crippen LogP contribution in [0.15, 0.2) is 47.4 Å². The highest BCUT2D eigenvalue weighted by Crippen LogP contribution is 2.24. The first kappa shape index (κ1) is 19.2. The Morgan fingerprint density at radius 1 is 1.28 bits per heavy atom. The number of carbonyl (C=O) groups excluding carboxylic acids is 1. The Labute approximate surface area is 172 Å². The van der Waals surface area contributed by atoms with E-state index in [-0.39, 0.29) is 23.2 Å². The fraction of sp³-hybridized carbons (Fsp3) is 0.105. The van der Waals surface area contributed by atoms with E-state index in [1.807, 2.05) is 30.3 Å². The molecule has 0 bridgehead atoms. The van der Waals surface area contributed by atoms with Crippen LogP contribution in [-0.2, 0) is 4.74 Å². The van der Waals surface area contributed by atoms with Gasteiger partial charge in [0, 0.05) is 23.3 Å². The highest BCUT2D eigenvalue weighted by atomic mass is 35.5. The lowest BCUT2D eigenvalue weighted by atomic mass is 10.2. The number of nitrogens with zero attached hydrogens (tertiary/aromatic N) is 4. The Morgan fingerprint density at radius 3 is 2.76 bits per heavy atom. The number of hydrogen-bond donors (Lipinski definition) is 0. The Kier molecular flexibility index (Phi) is 5.08. The average molecular weight is 431 g/mol. The van der Waals surface area contributed by atoms with E-state index in [0.29, 0.717) is 11.0 Å². The molecule has 0 aliphatic carbocycles. The van der Waals surface area contributed by atoms with Crippen LogP contribution in [0, 0.1) is 5.82 Å². The average Bonchev–Trinajstić information content (AvgIpc) is 3.21. The van der Waals surface area contributed by atoms with Crippen LogP contribution in [-0.4, -0.2) is 31.5 Å². The molecule has 0 atom stereocenters. The van der Waals surface area contributed by atoms with Gasteiger partial charge in [-0.15, -0.1) is 0 Å². The van der Waals surface area contributed by atoms with E-state index in [2.05, 4.69) is 14.3 Å². The maximum Gasteiger partial charge on any atom is 0.343 e. The van der Waals surface area contributed by atoms with Crippen molar-refractivity contribution in [1.82, 2.24) is 18.9 Å². The van der Waals surface area contributed by atoms with Crippen molar-refractivity contribution in [3.8, 4) is 16.5 Å². The molecule has 0 N–H and O–H groups in total. The van der Waals surface area contributed by atoms with Crippen molar-refractivity contribution in [3.05, 3.63) is 69.4 Å². The molecule has 7 nitrogen and oxygen atoms in total. The summed E-state index contributed by atoms with van der Waals surface area (Å²) in [6.45, 7) is 1.70. The Bertz CT molecular complexity index is 1290. The third kappa shape index (κ3) is 3.50. The summed E-state index contributed by atoms with van der Waals surface area (Å²) in [5, 5.41) is -0.189. The molecule has 29 heavy (non-hydrogen) atoms. The second kappa shape index (κ2) is 7.69. The molecular weight excluding hydrogens is 419 g/mol. The number of fused-ring (bicyclic) bond motifs is 1. The van der Waals surface area contributed by atoms with Crippen LogP contribution in [0.2, 0.25) is 5.15 Å². The van der Waals surface area contributed by atoms with Crippen molar-refractivity contribution < 1.29 is 13.9 Å². The Balaban J connectivity index is 1.97. The molecule has 0 fully saturated rings. The summed E-state index contributed by atoms with van der Waals surface area (Å²) in [4.78, 5) is 33.4. The van der Waals surface area contributed by atoms with Gasteiger partial charge in [-0.2, -0.15) is 9.36 Å². The first-order valence-electron chi connectivity index (χ1n) is 8.47. The summed E-state index contributed by atoms with van der Waals surface area (Å²) >= 11 is 6.86. The van der Waals surface area contributed by atoms with Gasteiger partial charge in [-0.05, 0) is 13.0 Å². The number of esters is 1. The summed E-state index contributed by atoms with van der Waals surface area (Å²) in [6.07, 6.45) is 1.26. The van der Waals surface area contributed by atoms with Gasteiger partial charge in [-0.25, -0.2) is 14.2 Å². The zero-order valence-corrected chi connectivity index (χ0v) is 16.5. The quantitative estimate of drug-likeness (QED) is 0.361. The lowest BCUT2D eigenvalue weighted by Crippen LogP contribution is -2.21. The molecule has 0 aliphatic heterocycles. The summed E-state index contributed by atoms with van der Waals surface area (Å²) in [6, 6.07) is 10.2. The van der Waals surface area contributed by atoms with Crippen LogP contribution in [0.5, 0.6) is 0 Å². The molecule has 0 aliphatic rings. The van der Waals surface area contributed by atoms with E-state index in [9.17, 15) is 14.0 Å². The smallest absolute Gasteiger partial charge is 0.343 e. The zero-order valence-electron chi connectivity index (χ0n) is 14.9. The summed E-state index contributed by atoms with van der Waals surface area (Å²) in [5.74, 6) is -1.23.